The van der Waals surface area contributed by atoms with Crippen molar-refractivity contribution >= 4 is 19.7 Å². The van der Waals surface area contributed by atoms with Gasteiger partial charge in [-0.2, -0.15) is 13.2 Å². The molecule has 5 nitrogen and oxygen atoms in total. The van der Waals surface area contributed by atoms with Crippen molar-refractivity contribution in [1.82, 2.24) is 4.98 Å². The van der Waals surface area contributed by atoms with Gasteiger partial charge < -0.3 is 10.5 Å². The predicted octanol–water partition coefficient (Wildman–Crippen LogP) is 2.39. The Morgan fingerprint density at radius 3 is 2.10 bits per heavy atom. The number of alkyl halides is 6. The number of aromatic nitrogens is 1. The minimum absolute atomic E-state index is 0.179. The molecule has 0 aliphatic rings. The summed E-state index contributed by atoms with van der Waals surface area (Å²) >= 11 is 0. The first-order chi connectivity index (χ1) is 9.25. The summed E-state index contributed by atoms with van der Waals surface area (Å²) in [7, 11) is 0.129. The van der Waals surface area contributed by atoms with Crippen LogP contribution < -0.4 is 10.5 Å². The van der Waals surface area contributed by atoms with E-state index < -0.39 is 50.2 Å². The number of hydrogen-bond donors (Lipinski definition) is 1. The number of ether oxygens (including phenoxy) is 1. The largest absolute Gasteiger partial charge is 0.573 e. The third-order valence-corrected chi connectivity index (χ3v) is 3.23. The second kappa shape index (κ2) is 5.50. The van der Waals surface area contributed by atoms with Gasteiger partial charge in [0.05, 0.1) is 0 Å². The van der Waals surface area contributed by atoms with Crippen LogP contribution in [0.3, 0.4) is 0 Å². The minimum atomic E-state index is -5.44. The monoisotopic (exact) mass is 358 g/mol. The summed E-state index contributed by atoms with van der Waals surface area (Å²) in [6.45, 7) is -0.722. The fraction of sp³-hybridized carbons (Fsp3) is 0.375. The van der Waals surface area contributed by atoms with Gasteiger partial charge in [0, 0.05) is 22.8 Å². The molecule has 1 rings (SSSR count). The van der Waals surface area contributed by atoms with Crippen molar-refractivity contribution in [3.8, 4) is 5.75 Å². The maximum absolute atomic E-state index is 12.6. The summed E-state index contributed by atoms with van der Waals surface area (Å²) in [5.74, 6) is -1.72. The SMILES string of the molecule is NCc1cc(OC(F)(F)F)c(C(F)(F)F)nc1S(=O)(=O)Cl. The van der Waals surface area contributed by atoms with Gasteiger partial charge in [0.25, 0.3) is 9.05 Å². The average Bonchev–Trinajstić information content (AvgIpc) is 2.22. The predicted molar refractivity (Wildman–Crippen MR) is 56.9 cm³/mol. The lowest BCUT2D eigenvalue weighted by Crippen LogP contribution is -2.22. The van der Waals surface area contributed by atoms with Crippen LogP contribution in [0, 0.1) is 0 Å². The van der Waals surface area contributed by atoms with Gasteiger partial charge >= 0.3 is 12.5 Å². The zero-order valence-corrected chi connectivity index (χ0v) is 11.2. The maximum atomic E-state index is 12.6. The first kappa shape index (κ1) is 17.8. The Morgan fingerprint density at radius 1 is 1.24 bits per heavy atom. The zero-order valence-electron chi connectivity index (χ0n) is 9.59. The highest BCUT2D eigenvalue weighted by atomic mass is 35.7. The van der Waals surface area contributed by atoms with E-state index in [1.807, 2.05) is 0 Å². The lowest BCUT2D eigenvalue weighted by molar-refractivity contribution is -0.276. The van der Waals surface area contributed by atoms with Crippen molar-refractivity contribution in [1.29, 1.82) is 0 Å². The molecule has 1 heterocycles. The number of hydrogen-bond acceptors (Lipinski definition) is 5. The molecule has 0 aliphatic carbocycles. The Kier molecular flexibility index (Phi) is 4.65. The van der Waals surface area contributed by atoms with Crippen molar-refractivity contribution in [3.63, 3.8) is 0 Å². The summed E-state index contributed by atoms with van der Waals surface area (Å²) in [5, 5.41) is -1.28. The van der Waals surface area contributed by atoms with Crippen LogP contribution in [0.2, 0.25) is 0 Å². The Bertz CT molecular complexity index is 643. The van der Waals surface area contributed by atoms with Gasteiger partial charge in [0.15, 0.2) is 16.5 Å². The molecular weight excluding hydrogens is 354 g/mol. The second-order valence-corrected chi connectivity index (χ2v) is 5.97. The molecular formula is C8H5ClF6N2O3S. The highest BCUT2D eigenvalue weighted by molar-refractivity contribution is 8.13. The van der Waals surface area contributed by atoms with Gasteiger partial charge in [0.1, 0.15) is 0 Å². The third kappa shape index (κ3) is 4.61. The van der Waals surface area contributed by atoms with E-state index in [0.29, 0.717) is 0 Å². The number of halogens is 7. The first-order valence-electron chi connectivity index (χ1n) is 4.77. The normalized spacial score (nSPS) is 13.3. The van der Waals surface area contributed by atoms with Gasteiger partial charge in [0.2, 0.25) is 0 Å². The van der Waals surface area contributed by atoms with E-state index in [1.54, 1.807) is 0 Å². The number of nitrogens with two attached hydrogens (primary N) is 1. The van der Waals surface area contributed by atoms with Gasteiger partial charge in [-0.1, -0.05) is 0 Å². The van der Waals surface area contributed by atoms with Crippen LogP contribution in [0.4, 0.5) is 26.3 Å². The fourth-order valence-corrected chi connectivity index (χ4v) is 2.34. The van der Waals surface area contributed by atoms with Crippen LogP contribution in [-0.2, 0) is 21.8 Å². The molecule has 0 atom stereocenters. The standard InChI is InChI=1S/C8H5ClF6N2O3S/c9-21(18,19)6-3(2-16)1-4(20-8(13,14)15)5(17-6)7(10,11)12/h1H,2,16H2. The van der Waals surface area contributed by atoms with Crippen molar-refractivity contribution in [2.24, 2.45) is 5.73 Å². The van der Waals surface area contributed by atoms with Crippen molar-refractivity contribution < 1.29 is 39.5 Å². The molecule has 0 bridgehead atoms. The molecule has 1 aromatic rings. The van der Waals surface area contributed by atoms with Gasteiger partial charge in [-0.25, -0.2) is 13.4 Å². The lowest BCUT2D eigenvalue weighted by atomic mass is 10.2. The molecule has 1 aromatic heterocycles. The van der Waals surface area contributed by atoms with Crippen LogP contribution in [0.25, 0.3) is 0 Å². The summed E-state index contributed by atoms with van der Waals surface area (Å²) < 4.78 is 99.6. The summed E-state index contributed by atoms with van der Waals surface area (Å²) in [4.78, 5) is 2.62. The lowest BCUT2D eigenvalue weighted by Gasteiger charge is -2.16. The van der Waals surface area contributed by atoms with E-state index in [2.05, 4.69) is 9.72 Å². The highest BCUT2D eigenvalue weighted by Crippen LogP contribution is 2.39. The average molecular weight is 359 g/mol. The molecule has 0 saturated heterocycles. The van der Waals surface area contributed by atoms with Crippen molar-refractivity contribution in [2.45, 2.75) is 24.1 Å². The van der Waals surface area contributed by atoms with E-state index in [1.165, 1.54) is 0 Å². The molecule has 0 amide bonds. The summed E-state index contributed by atoms with van der Waals surface area (Å²) in [5.41, 5.74) is 2.22. The van der Waals surface area contributed by atoms with Crippen molar-refractivity contribution in [3.05, 3.63) is 17.3 Å². The molecule has 0 fully saturated rings. The van der Waals surface area contributed by atoms with Crippen LogP contribution in [-0.4, -0.2) is 19.8 Å². The Morgan fingerprint density at radius 2 is 1.76 bits per heavy atom. The molecule has 0 aromatic carbocycles. The van der Waals surface area contributed by atoms with E-state index in [0.717, 1.165) is 0 Å². The van der Waals surface area contributed by atoms with Crippen LogP contribution in [0.15, 0.2) is 11.1 Å². The number of pyridine rings is 1. The Balaban J connectivity index is 3.65. The Hall–Kier alpha value is -1.27. The quantitative estimate of drug-likeness (QED) is 0.662. The van der Waals surface area contributed by atoms with Gasteiger partial charge in [-0.15, -0.1) is 13.2 Å². The molecule has 13 heteroatoms. The maximum Gasteiger partial charge on any atom is 0.573 e. The summed E-state index contributed by atoms with van der Waals surface area (Å²) in [6, 6.07) is 0.179. The summed E-state index contributed by atoms with van der Waals surface area (Å²) in [6.07, 6.45) is -10.8. The topological polar surface area (TPSA) is 82.3 Å². The molecule has 0 saturated carbocycles. The molecule has 120 valence electrons. The fourth-order valence-electron chi connectivity index (χ4n) is 1.28. The number of nitrogens with zero attached hydrogens (tertiary/aromatic N) is 1. The molecule has 0 unspecified atom stereocenters. The molecule has 21 heavy (non-hydrogen) atoms. The molecule has 0 spiro atoms. The van der Waals surface area contributed by atoms with Crippen LogP contribution in [0.5, 0.6) is 5.75 Å². The Labute approximate surface area is 118 Å². The molecule has 0 aliphatic heterocycles. The highest BCUT2D eigenvalue weighted by Gasteiger charge is 2.42. The first-order valence-corrected chi connectivity index (χ1v) is 7.08. The van der Waals surface area contributed by atoms with E-state index in [-0.39, 0.29) is 6.07 Å². The minimum Gasteiger partial charge on any atom is -0.403 e. The molecule has 2 N–H and O–H groups in total. The van der Waals surface area contributed by atoms with E-state index in [9.17, 15) is 34.8 Å². The zero-order chi connectivity index (χ0) is 16.6. The molecule has 0 radical (unpaired) electrons. The van der Waals surface area contributed by atoms with Crippen LogP contribution in [0.1, 0.15) is 11.3 Å². The smallest absolute Gasteiger partial charge is 0.403 e. The van der Waals surface area contributed by atoms with Gasteiger partial charge in [-0.05, 0) is 6.07 Å². The third-order valence-electron chi connectivity index (χ3n) is 1.97. The van der Waals surface area contributed by atoms with E-state index >= 15 is 0 Å². The van der Waals surface area contributed by atoms with Crippen LogP contribution >= 0.6 is 10.7 Å². The van der Waals surface area contributed by atoms with E-state index in [4.69, 9.17) is 16.4 Å². The van der Waals surface area contributed by atoms with Gasteiger partial charge in [-0.3, -0.25) is 0 Å². The van der Waals surface area contributed by atoms with Crippen molar-refractivity contribution in [2.75, 3.05) is 0 Å². The second-order valence-electron chi connectivity index (χ2n) is 3.49. The number of rotatable bonds is 3.